The molecule has 0 spiro atoms. The minimum atomic E-state index is -0.580. The molecule has 3 N–H and O–H groups in total. The second-order valence-corrected chi connectivity index (χ2v) is 7.48. The van der Waals surface area contributed by atoms with Gasteiger partial charge in [0.2, 0.25) is 11.8 Å². The Morgan fingerprint density at radius 1 is 1.07 bits per heavy atom. The van der Waals surface area contributed by atoms with Gasteiger partial charge in [-0.05, 0) is 48.4 Å². The van der Waals surface area contributed by atoms with Crippen molar-refractivity contribution in [1.29, 1.82) is 0 Å². The predicted octanol–water partition coefficient (Wildman–Crippen LogP) is 1.78. The van der Waals surface area contributed by atoms with Crippen molar-refractivity contribution in [2.45, 2.75) is 38.5 Å². The van der Waals surface area contributed by atoms with Crippen LogP contribution in [0.25, 0.3) is 0 Å². The van der Waals surface area contributed by atoms with E-state index in [2.05, 4.69) is 28.1 Å². The Bertz CT molecular complexity index is 972. The van der Waals surface area contributed by atoms with Gasteiger partial charge in [-0.15, -0.1) is 0 Å². The maximum absolute atomic E-state index is 12.9. The van der Waals surface area contributed by atoms with Crippen LogP contribution < -0.4 is 16.0 Å². The zero-order chi connectivity index (χ0) is 20.4. The highest BCUT2D eigenvalue weighted by molar-refractivity contribution is 6.05. The molecule has 0 radical (unpaired) electrons. The molecule has 1 atom stereocenters. The Morgan fingerprint density at radius 2 is 1.90 bits per heavy atom. The van der Waals surface area contributed by atoms with E-state index in [0.717, 1.165) is 23.4 Å². The van der Waals surface area contributed by atoms with Crippen LogP contribution in [0.3, 0.4) is 0 Å². The molecular formula is C22H24N4O3. The standard InChI is InChI=1S/C22H24N4O3/c1-23-11-14-3-2-4-17(9-14)24-12-15-5-6-16-13-26(22(29)18(16)10-15)19-7-8-20(27)25-21(19)28/h2-6,9-10,19,23-24H,7-8,11-13H2,1H3,(H,25,27,28). The molecule has 1 fully saturated rings. The Hall–Kier alpha value is -3.19. The first-order valence-corrected chi connectivity index (χ1v) is 9.79. The molecular weight excluding hydrogens is 368 g/mol. The molecule has 1 saturated heterocycles. The van der Waals surface area contributed by atoms with Gasteiger partial charge in [0.25, 0.3) is 5.91 Å². The summed E-state index contributed by atoms with van der Waals surface area (Å²) in [5, 5.41) is 8.87. The average molecular weight is 392 g/mol. The number of hydrogen-bond acceptors (Lipinski definition) is 5. The van der Waals surface area contributed by atoms with Gasteiger partial charge < -0.3 is 15.5 Å². The van der Waals surface area contributed by atoms with Crippen LogP contribution >= 0.6 is 0 Å². The summed E-state index contributed by atoms with van der Waals surface area (Å²) >= 11 is 0. The van der Waals surface area contributed by atoms with Crippen LogP contribution in [0.15, 0.2) is 42.5 Å². The molecule has 7 nitrogen and oxygen atoms in total. The number of imide groups is 1. The maximum Gasteiger partial charge on any atom is 0.255 e. The third kappa shape index (κ3) is 4.00. The highest BCUT2D eigenvalue weighted by Gasteiger charge is 2.39. The molecule has 2 aromatic carbocycles. The van der Waals surface area contributed by atoms with Crippen LogP contribution in [0.5, 0.6) is 0 Å². The van der Waals surface area contributed by atoms with E-state index in [9.17, 15) is 14.4 Å². The summed E-state index contributed by atoms with van der Waals surface area (Å²) in [6.45, 7) is 1.81. The summed E-state index contributed by atoms with van der Waals surface area (Å²) in [6, 6.07) is 13.5. The summed E-state index contributed by atoms with van der Waals surface area (Å²) in [4.78, 5) is 38.0. The van der Waals surface area contributed by atoms with E-state index in [1.54, 1.807) is 4.90 Å². The topological polar surface area (TPSA) is 90.5 Å². The lowest BCUT2D eigenvalue weighted by Crippen LogP contribution is -2.52. The van der Waals surface area contributed by atoms with Crippen molar-refractivity contribution in [2.24, 2.45) is 0 Å². The lowest BCUT2D eigenvalue weighted by molar-refractivity contribution is -0.136. The lowest BCUT2D eigenvalue weighted by atomic mass is 10.0. The van der Waals surface area contributed by atoms with Crippen LogP contribution in [-0.4, -0.2) is 35.7 Å². The van der Waals surface area contributed by atoms with E-state index in [4.69, 9.17) is 0 Å². The van der Waals surface area contributed by atoms with Crippen LogP contribution in [0.4, 0.5) is 5.69 Å². The fraction of sp³-hybridized carbons (Fsp3) is 0.318. The van der Waals surface area contributed by atoms with E-state index in [1.165, 1.54) is 5.56 Å². The van der Waals surface area contributed by atoms with E-state index >= 15 is 0 Å². The van der Waals surface area contributed by atoms with Crippen molar-refractivity contribution in [2.75, 3.05) is 12.4 Å². The second-order valence-electron chi connectivity index (χ2n) is 7.48. The number of rotatable bonds is 6. The SMILES string of the molecule is CNCc1cccc(NCc2ccc3c(c2)C(=O)N(C2CCC(=O)NC2=O)C3)c1. The smallest absolute Gasteiger partial charge is 0.255 e. The van der Waals surface area contributed by atoms with Crippen molar-refractivity contribution < 1.29 is 14.4 Å². The van der Waals surface area contributed by atoms with Gasteiger partial charge in [-0.2, -0.15) is 0 Å². The number of hydrogen-bond donors (Lipinski definition) is 3. The first-order valence-electron chi connectivity index (χ1n) is 9.79. The van der Waals surface area contributed by atoms with E-state index in [1.807, 2.05) is 37.4 Å². The number of nitrogens with zero attached hydrogens (tertiary/aromatic N) is 1. The van der Waals surface area contributed by atoms with Crippen molar-refractivity contribution >= 4 is 23.4 Å². The summed E-state index contributed by atoms with van der Waals surface area (Å²) in [5.41, 5.74) is 4.77. The molecule has 2 heterocycles. The molecule has 3 amide bonds. The summed E-state index contributed by atoms with van der Waals surface area (Å²) in [5.74, 6) is -0.805. The summed E-state index contributed by atoms with van der Waals surface area (Å²) in [6.07, 6.45) is 0.639. The van der Waals surface area contributed by atoms with Crippen LogP contribution in [0, 0.1) is 0 Å². The van der Waals surface area contributed by atoms with Gasteiger partial charge >= 0.3 is 0 Å². The number of carbonyl (C=O) groups is 3. The zero-order valence-corrected chi connectivity index (χ0v) is 16.3. The summed E-state index contributed by atoms with van der Waals surface area (Å²) < 4.78 is 0. The molecule has 0 saturated carbocycles. The normalized spacial score (nSPS) is 18.6. The number of carbonyl (C=O) groups excluding carboxylic acids is 3. The number of benzene rings is 2. The average Bonchev–Trinajstić information content (AvgIpc) is 3.03. The fourth-order valence-corrected chi connectivity index (χ4v) is 3.91. The Morgan fingerprint density at radius 3 is 2.69 bits per heavy atom. The van der Waals surface area contributed by atoms with Gasteiger partial charge in [0, 0.05) is 37.3 Å². The van der Waals surface area contributed by atoms with Gasteiger partial charge in [-0.3, -0.25) is 19.7 Å². The molecule has 29 heavy (non-hydrogen) atoms. The quantitative estimate of drug-likeness (QED) is 0.652. The molecule has 4 rings (SSSR count). The van der Waals surface area contributed by atoms with Crippen LogP contribution in [-0.2, 0) is 29.2 Å². The fourth-order valence-electron chi connectivity index (χ4n) is 3.91. The van der Waals surface area contributed by atoms with Crippen molar-refractivity contribution in [3.8, 4) is 0 Å². The third-order valence-electron chi connectivity index (χ3n) is 5.40. The molecule has 2 aliphatic rings. The molecule has 150 valence electrons. The minimum Gasteiger partial charge on any atom is -0.381 e. The van der Waals surface area contributed by atoms with Gasteiger partial charge in [-0.25, -0.2) is 0 Å². The zero-order valence-electron chi connectivity index (χ0n) is 16.3. The number of piperidine rings is 1. The first-order chi connectivity index (χ1) is 14.0. The molecule has 2 aliphatic heterocycles. The van der Waals surface area contributed by atoms with Gasteiger partial charge in [0.1, 0.15) is 6.04 Å². The third-order valence-corrected chi connectivity index (χ3v) is 5.40. The first kappa shape index (κ1) is 19.1. The Kier molecular flexibility index (Phi) is 5.31. The number of nitrogens with one attached hydrogen (secondary N) is 3. The van der Waals surface area contributed by atoms with E-state index in [0.29, 0.717) is 25.1 Å². The molecule has 0 aliphatic carbocycles. The van der Waals surface area contributed by atoms with Gasteiger partial charge in [0.05, 0.1) is 0 Å². The van der Waals surface area contributed by atoms with Crippen LogP contribution in [0.1, 0.15) is 39.9 Å². The number of anilines is 1. The Labute approximate surface area is 169 Å². The van der Waals surface area contributed by atoms with Crippen molar-refractivity contribution in [3.63, 3.8) is 0 Å². The number of fused-ring (bicyclic) bond motifs is 1. The molecule has 2 aromatic rings. The van der Waals surface area contributed by atoms with Gasteiger partial charge in [-0.1, -0.05) is 24.3 Å². The highest BCUT2D eigenvalue weighted by Crippen LogP contribution is 2.28. The van der Waals surface area contributed by atoms with E-state index < -0.39 is 6.04 Å². The monoisotopic (exact) mass is 392 g/mol. The van der Waals surface area contributed by atoms with Crippen LogP contribution in [0.2, 0.25) is 0 Å². The van der Waals surface area contributed by atoms with Gasteiger partial charge in [0.15, 0.2) is 0 Å². The molecule has 7 heteroatoms. The predicted molar refractivity (Wildman–Crippen MR) is 109 cm³/mol. The second kappa shape index (κ2) is 8.05. The Balaban J connectivity index is 1.45. The number of amides is 3. The molecule has 1 unspecified atom stereocenters. The minimum absolute atomic E-state index is 0.146. The van der Waals surface area contributed by atoms with Crippen molar-refractivity contribution in [3.05, 3.63) is 64.7 Å². The van der Waals surface area contributed by atoms with E-state index in [-0.39, 0.29) is 24.1 Å². The van der Waals surface area contributed by atoms with Crippen molar-refractivity contribution in [1.82, 2.24) is 15.5 Å². The maximum atomic E-state index is 12.9. The lowest BCUT2D eigenvalue weighted by Gasteiger charge is -2.29. The highest BCUT2D eigenvalue weighted by atomic mass is 16.2. The largest absolute Gasteiger partial charge is 0.381 e. The molecule has 0 bridgehead atoms. The molecule has 0 aromatic heterocycles. The summed E-state index contributed by atoms with van der Waals surface area (Å²) in [7, 11) is 1.92.